The third kappa shape index (κ3) is 2.39. The van der Waals surface area contributed by atoms with Crippen LogP contribution in [0.3, 0.4) is 0 Å². The Kier molecular flexibility index (Phi) is 3.51. The average Bonchev–Trinajstić information content (AvgIpc) is 2.60. The van der Waals surface area contributed by atoms with Crippen molar-refractivity contribution in [1.82, 2.24) is 9.78 Å². The number of methoxy groups -OCH3 is 1. The number of nitrogens with zero attached hydrogens (tertiary/aromatic N) is 2. The van der Waals surface area contributed by atoms with E-state index in [0.717, 1.165) is 10.0 Å². The van der Waals surface area contributed by atoms with E-state index < -0.39 is 0 Å². The highest BCUT2D eigenvalue weighted by atomic mass is 79.9. The molecular weight excluding hydrogens is 291 g/mol. The van der Waals surface area contributed by atoms with Gasteiger partial charge in [-0.2, -0.15) is 5.10 Å². The molecule has 0 fully saturated rings. The van der Waals surface area contributed by atoms with Crippen molar-refractivity contribution in [2.24, 2.45) is 0 Å². The van der Waals surface area contributed by atoms with Gasteiger partial charge in [0.2, 0.25) is 0 Å². The molecule has 0 bridgehead atoms. The van der Waals surface area contributed by atoms with E-state index in [9.17, 15) is 0 Å². The minimum Gasteiger partial charge on any atom is -0.492 e. The summed E-state index contributed by atoms with van der Waals surface area (Å²) in [4.78, 5) is 0. The molecule has 1 aromatic heterocycles. The molecule has 84 valence electrons. The SMILES string of the molecule is COc1cnn(Cc2cccc(Br)c2)c1Cl. The summed E-state index contributed by atoms with van der Waals surface area (Å²) in [6.45, 7) is 0.627. The van der Waals surface area contributed by atoms with Crippen molar-refractivity contribution < 1.29 is 4.74 Å². The highest BCUT2D eigenvalue weighted by Crippen LogP contribution is 2.24. The molecule has 16 heavy (non-hydrogen) atoms. The summed E-state index contributed by atoms with van der Waals surface area (Å²) < 4.78 is 7.80. The first-order valence-corrected chi connectivity index (χ1v) is 5.87. The molecule has 0 atom stereocenters. The predicted octanol–water partition coefficient (Wildman–Crippen LogP) is 3.36. The fourth-order valence-electron chi connectivity index (χ4n) is 1.41. The van der Waals surface area contributed by atoms with Crippen molar-refractivity contribution in [3.8, 4) is 5.75 Å². The molecule has 0 N–H and O–H groups in total. The summed E-state index contributed by atoms with van der Waals surface area (Å²) in [5.41, 5.74) is 1.13. The second-order valence-electron chi connectivity index (χ2n) is 3.29. The zero-order valence-electron chi connectivity index (χ0n) is 8.65. The van der Waals surface area contributed by atoms with Gasteiger partial charge in [-0.1, -0.05) is 39.7 Å². The van der Waals surface area contributed by atoms with Gasteiger partial charge >= 0.3 is 0 Å². The van der Waals surface area contributed by atoms with E-state index in [-0.39, 0.29) is 0 Å². The van der Waals surface area contributed by atoms with E-state index in [1.54, 1.807) is 18.0 Å². The van der Waals surface area contributed by atoms with Gasteiger partial charge in [0, 0.05) is 4.47 Å². The summed E-state index contributed by atoms with van der Waals surface area (Å²) in [6.07, 6.45) is 1.61. The van der Waals surface area contributed by atoms with Crippen LogP contribution in [0.2, 0.25) is 5.15 Å². The average molecular weight is 302 g/mol. The van der Waals surface area contributed by atoms with Crippen molar-refractivity contribution in [2.75, 3.05) is 7.11 Å². The maximum Gasteiger partial charge on any atom is 0.175 e. The van der Waals surface area contributed by atoms with Gasteiger partial charge in [-0.05, 0) is 17.7 Å². The fraction of sp³-hybridized carbons (Fsp3) is 0.182. The van der Waals surface area contributed by atoms with Crippen LogP contribution < -0.4 is 4.74 Å². The molecular formula is C11H10BrClN2O. The maximum absolute atomic E-state index is 6.08. The third-order valence-corrected chi connectivity index (χ3v) is 3.06. The topological polar surface area (TPSA) is 27.1 Å². The summed E-state index contributed by atoms with van der Waals surface area (Å²) >= 11 is 9.50. The lowest BCUT2D eigenvalue weighted by molar-refractivity contribution is 0.414. The molecule has 0 radical (unpaired) electrons. The van der Waals surface area contributed by atoms with Crippen molar-refractivity contribution in [3.05, 3.63) is 45.7 Å². The van der Waals surface area contributed by atoms with Crippen molar-refractivity contribution >= 4 is 27.5 Å². The van der Waals surface area contributed by atoms with Crippen molar-refractivity contribution in [3.63, 3.8) is 0 Å². The van der Waals surface area contributed by atoms with E-state index in [4.69, 9.17) is 16.3 Å². The number of aromatic nitrogens is 2. The number of halogens is 2. The van der Waals surface area contributed by atoms with Crippen LogP contribution in [0, 0.1) is 0 Å². The van der Waals surface area contributed by atoms with Crippen LogP contribution in [0.5, 0.6) is 5.75 Å². The van der Waals surface area contributed by atoms with E-state index in [1.807, 2.05) is 24.3 Å². The molecule has 0 saturated carbocycles. The van der Waals surface area contributed by atoms with Crippen molar-refractivity contribution in [1.29, 1.82) is 0 Å². The predicted molar refractivity (Wildman–Crippen MR) is 67.0 cm³/mol. The highest BCUT2D eigenvalue weighted by molar-refractivity contribution is 9.10. The second kappa shape index (κ2) is 4.89. The zero-order chi connectivity index (χ0) is 11.5. The quantitative estimate of drug-likeness (QED) is 0.869. The molecule has 2 rings (SSSR count). The van der Waals surface area contributed by atoms with E-state index in [2.05, 4.69) is 21.0 Å². The molecule has 0 aliphatic heterocycles. The Morgan fingerprint density at radius 1 is 1.50 bits per heavy atom. The van der Waals surface area contributed by atoms with Crippen LogP contribution in [0.4, 0.5) is 0 Å². The molecule has 0 spiro atoms. The molecule has 2 aromatic rings. The number of rotatable bonds is 3. The lowest BCUT2D eigenvalue weighted by atomic mass is 10.2. The molecule has 0 aliphatic rings. The number of benzene rings is 1. The Balaban J connectivity index is 2.24. The minimum absolute atomic E-state index is 0.516. The molecule has 3 nitrogen and oxygen atoms in total. The normalized spacial score (nSPS) is 10.4. The monoisotopic (exact) mass is 300 g/mol. The molecule has 0 amide bonds. The maximum atomic E-state index is 6.08. The van der Waals surface area contributed by atoms with Gasteiger partial charge in [0.05, 0.1) is 19.9 Å². The summed E-state index contributed by atoms with van der Waals surface area (Å²) in [5.74, 6) is 0.594. The van der Waals surface area contributed by atoms with Crippen LogP contribution in [-0.4, -0.2) is 16.9 Å². The van der Waals surface area contributed by atoms with Gasteiger partial charge in [-0.15, -0.1) is 0 Å². The fourth-order valence-corrected chi connectivity index (χ4v) is 2.08. The Bertz CT molecular complexity index is 498. The summed E-state index contributed by atoms with van der Waals surface area (Å²) in [5, 5.41) is 4.67. The first-order valence-electron chi connectivity index (χ1n) is 4.70. The largest absolute Gasteiger partial charge is 0.492 e. The highest BCUT2D eigenvalue weighted by Gasteiger charge is 2.08. The Labute approximate surface area is 107 Å². The Morgan fingerprint density at radius 2 is 2.31 bits per heavy atom. The summed E-state index contributed by atoms with van der Waals surface area (Å²) in [6, 6.07) is 8.02. The van der Waals surface area contributed by atoms with Gasteiger partial charge in [0.15, 0.2) is 10.9 Å². The van der Waals surface area contributed by atoms with Crippen molar-refractivity contribution in [2.45, 2.75) is 6.54 Å². The second-order valence-corrected chi connectivity index (χ2v) is 4.57. The lowest BCUT2D eigenvalue weighted by Crippen LogP contribution is -2.01. The Morgan fingerprint density at radius 3 is 2.94 bits per heavy atom. The standard InChI is InChI=1S/C11H10BrClN2O/c1-16-10-6-14-15(11(10)13)7-8-3-2-4-9(12)5-8/h2-6H,7H2,1H3. The van der Waals surface area contributed by atoms with Gasteiger partial charge < -0.3 is 4.74 Å². The van der Waals surface area contributed by atoms with Crippen LogP contribution in [0.15, 0.2) is 34.9 Å². The summed E-state index contributed by atoms with van der Waals surface area (Å²) in [7, 11) is 1.58. The number of hydrogen-bond donors (Lipinski definition) is 0. The number of ether oxygens (including phenoxy) is 1. The van der Waals surface area contributed by atoms with Gasteiger partial charge in [0.1, 0.15) is 0 Å². The lowest BCUT2D eigenvalue weighted by Gasteiger charge is -2.04. The van der Waals surface area contributed by atoms with Crippen LogP contribution in [-0.2, 0) is 6.54 Å². The van der Waals surface area contributed by atoms with Crippen LogP contribution >= 0.6 is 27.5 Å². The molecule has 1 heterocycles. The molecule has 0 unspecified atom stereocenters. The zero-order valence-corrected chi connectivity index (χ0v) is 11.0. The molecule has 0 aliphatic carbocycles. The van der Waals surface area contributed by atoms with E-state index >= 15 is 0 Å². The van der Waals surface area contributed by atoms with Crippen LogP contribution in [0.25, 0.3) is 0 Å². The molecule has 0 saturated heterocycles. The minimum atomic E-state index is 0.516. The smallest absolute Gasteiger partial charge is 0.175 e. The van der Waals surface area contributed by atoms with E-state index in [1.165, 1.54) is 0 Å². The van der Waals surface area contributed by atoms with Gasteiger partial charge in [-0.25, -0.2) is 4.68 Å². The van der Waals surface area contributed by atoms with Crippen LogP contribution in [0.1, 0.15) is 5.56 Å². The van der Waals surface area contributed by atoms with Gasteiger partial charge in [0.25, 0.3) is 0 Å². The number of hydrogen-bond acceptors (Lipinski definition) is 2. The Hall–Kier alpha value is -1.000. The molecule has 5 heteroatoms. The van der Waals surface area contributed by atoms with Gasteiger partial charge in [-0.3, -0.25) is 0 Å². The first kappa shape index (κ1) is 11.5. The first-order chi connectivity index (χ1) is 7.70. The third-order valence-electron chi connectivity index (χ3n) is 2.19. The van der Waals surface area contributed by atoms with E-state index in [0.29, 0.717) is 17.4 Å². The molecule has 1 aromatic carbocycles.